The Morgan fingerprint density at radius 3 is 2.53 bits per heavy atom. The van der Waals surface area contributed by atoms with Gasteiger partial charge in [0.05, 0.1) is 5.92 Å². The molecular formula is C12H18N2O. The summed E-state index contributed by atoms with van der Waals surface area (Å²) in [7, 11) is 1.87. The van der Waals surface area contributed by atoms with Crippen molar-refractivity contribution in [2.75, 3.05) is 20.1 Å². The van der Waals surface area contributed by atoms with Gasteiger partial charge >= 0.3 is 0 Å². The minimum absolute atomic E-state index is 0.0800. The highest BCUT2D eigenvalue weighted by atomic mass is 16.1. The van der Waals surface area contributed by atoms with Crippen LogP contribution >= 0.6 is 0 Å². The molecule has 1 unspecified atom stereocenters. The van der Waals surface area contributed by atoms with E-state index in [0.29, 0.717) is 6.54 Å². The summed E-state index contributed by atoms with van der Waals surface area (Å²) in [6, 6.07) is 9.80. The van der Waals surface area contributed by atoms with Crippen molar-refractivity contribution < 1.29 is 4.79 Å². The molecule has 1 rings (SSSR count). The number of carbonyl (C=O) groups is 1. The second kappa shape index (κ2) is 6.19. The third kappa shape index (κ3) is 3.72. The van der Waals surface area contributed by atoms with Crippen LogP contribution in [0.3, 0.4) is 0 Å². The van der Waals surface area contributed by atoms with Gasteiger partial charge in [0, 0.05) is 13.1 Å². The standard InChI is InChI=1S/C12H18N2O/c1-10(11-6-4-3-5-7-11)12(15)14-9-8-13-2/h3-7,10,13H,8-9H2,1-2H3,(H,14,15). The Bertz CT molecular complexity index is 298. The van der Waals surface area contributed by atoms with Crippen molar-refractivity contribution in [1.29, 1.82) is 0 Å². The lowest BCUT2D eigenvalue weighted by Gasteiger charge is -2.12. The van der Waals surface area contributed by atoms with Crippen molar-refractivity contribution in [3.05, 3.63) is 35.9 Å². The van der Waals surface area contributed by atoms with Crippen LogP contribution < -0.4 is 10.6 Å². The van der Waals surface area contributed by atoms with Crippen molar-refractivity contribution in [3.63, 3.8) is 0 Å². The summed E-state index contributed by atoms with van der Waals surface area (Å²) < 4.78 is 0. The summed E-state index contributed by atoms with van der Waals surface area (Å²) >= 11 is 0. The molecule has 1 aromatic carbocycles. The maximum Gasteiger partial charge on any atom is 0.227 e. The summed E-state index contributed by atoms with van der Waals surface area (Å²) in [5.41, 5.74) is 1.06. The van der Waals surface area contributed by atoms with Gasteiger partial charge in [-0.2, -0.15) is 0 Å². The SMILES string of the molecule is CNCCNC(=O)C(C)c1ccccc1. The van der Waals surface area contributed by atoms with E-state index in [0.717, 1.165) is 12.1 Å². The molecule has 0 aliphatic heterocycles. The first-order valence-electron chi connectivity index (χ1n) is 5.23. The molecule has 0 aliphatic carbocycles. The summed E-state index contributed by atoms with van der Waals surface area (Å²) in [4.78, 5) is 11.7. The van der Waals surface area contributed by atoms with Crippen LogP contribution in [-0.2, 0) is 4.79 Å². The molecule has 2 N–H and O–H groups in total. The Morgan fingerprint density at radius 2 is 1.93 bits per heavy atom. The summed E-state index contributed by atoms with van der Waals surface area (Å²) in [6.07, 6.45) is 0. The van der Waals surface area contributed by atoms with Crippen LogP contribution in [0.2, 0.25) is 0 Å². The predicted octanol–water partition coefficient (Wildman–Crippen LogP) is 1.13. The Hall–Kier alpha value is -1.35. The van der Waals surface area contributed by atoms with Crippen molar-refractivity contribution in [1.82, 2.24) is 10.6 Å². The van der Waals surface area contributed by atoms with Gasteiger partial charge in [0.2, 0.25) is 5.91 Å². The molecule has 3 heteroatoms. The van der Waals surface area contributed by atoms with E-state index < -0.39 is 0 Å². The minimum Gasteiger partial charge on any atom is -0.354 e. The maximum atomic E-state index is 11.7. The highest BCUT2D eigenvalue weighted by Crippen LogP contribution is 2.13. The Kier molecular flexibility index (Phi) is 4.84. The van der Waals surface area contributed by atoms with Crippen molar-refractivity contribution in [3.8, 4) is 0 Å². The zero-order valence-corrected chi connectivity index (χ0v) is 9.29. The lowest BCUT2D eigenvalue weighted by Crippen LogP contribution is -2.33. The molecule has 3 nitrogen and oxygen atoms in total. The molecule has 0 saturated heterocycles. The topological polar surface area (TPSA) is 41.1 Å². The van der Waals surface area contributed by atoms with Crippen molar-refractivity contribution in [2.45, 2.75) is 12.8 Å². The highest BCUT2D eigenvalue weighted by Gasteiger charge is 2.13. The Balaban J connectivity index is 2.46. The van der Waals surface area contributed by atoms with Crippen LogP contribution in [0.4, 0.5) is 0 Å². The third-order valence-electron chi connectivity index (χ3n) is 2.37. The highest BCUT2D eigenvalue weighted by molar-refractivity contribution is 5.83. The molecular weight excluding hydrogens is 188 g/mol. The maximum absolute atomic E-state index is 11.7. The second-order valence-electron chi connectivity index (χ2n) is 3.53. The second-order valence-corrected chi connectivity index (χ2v) is 3.53. The van der Waals surface area contributed by atoms with E-state index in [9.17, 15) is 4.79 Å². The largest absolute Gasteiger partial charge is 0.354 e. The number of carbonyl (C=O) groups excluding carboxylic acids is 1. The third-order valence-corrected chi connectivity index (χ3v) is 2.37. The number of hydrogen-bond acceptors (Lipinski definition) is 2. The Morgan fingerprint density at radius 1 is 1.27 bits per heavy atom. The summed E-state index contributed by atoms with van der Waals surface area (Å²) in [5, 5.41) is 5.87. The molecule has 0 heterocycles. The van der Waals surface area contributed by atoms with E-state index in [1.807, 2.05) is 44.3 Å². The fourth-order valence-corrected chi connectivity index (χ4v) is 1.36. The van der Waals surface area contributed by atoms with Gasteiger partial charge in [-0.15, -0.1) is 0 Å². The van der Waals surface area contributed by atoms with Crippen LogP contribution in [-0.4, -0.2) is 26.0 Å². The first-order chi connectivity index (χ1) is 7.25. The molecule has 15 heavy (non-hydrogen) atoms. The normalized spacial score (nSPS) is 12.1. The first kappa shape index (κ1) is 11.7. The van der Waals surface area contributed by atoms with E-state index in [1.54, 1.807) is 0 Å². The number of amides is 1. The molecule has 0 saturated carbocycles. The Labute approximate surface area is 90.9 Å². The number of hydrogen-bond donors (Lipinski definition) is 2. The van der Waals surface area contributed by atoms with Gasteiger partial charge in [-0.1, -0.05) is 30.3 Å². The van der Waals surface area contributed by atoms with Gasteiger partial charge in [-0.3, -0.25) is 4.79 Å². The molecule has 82 valence electrons. The van der Waals surface area contributed by atoms with Crippen molar-refractivity contribution in [2.24, 2.45) is 0 Å². The van der Waals surface area contributed by atoms with E-state index in [-0.39, 0.29) is 11.8 Å². The molecule has 0 spiro atoms. The van der Waals surface area contributed by atoms with Gasteiger partial charge in [0.25, 0.3) is 0 Å². The minimum atomic E-state index is -0.0805. The molecule has 1 aromatic rings. The smallest absolute Gasteiger partial charge is 0.227 e. The van der Waals surface area contributed by atoms with E-state index in [4.69, 9.17) is 0 Å². The fraction of sp³-hybridized carbons (Fsp3) is 0.417. The molecule has 0 radical (unpaired) electrons. The van der Waals surface area contributed by atoms with Crippen LogP contribution in [0.5, 0.6) is 0 Å². The molecule has 0 fully saturated rings. The molecule has 0 bridgehead atoms. The van der Waals surface area contributed by atoms with Crippen LogP contribution in [0, 0.1) is 0 Å². The number of benzene rings is 1. The predicted molar refractivity (Wildman–Crippen MR) is 61.8 cm³/mol. The molecule has 1 atom stereocenters. The zero-order valence-electron chi connectivity index (χ0n) is 9.29. The molecule has 0 aliphatic rings. The zero-order chi connectivity index (χ0) is 11.1. The summed E-state index contributed by atoms with van der Waals surface area (Å²) in [6.45, 7) is 3.39. The quantitative estimate of drug-likeness (QED) is 0.709. The van der Waals surface area contributed by atoms with E-state index >= 15 is 0 Å². The van der Waals surface area contributed by atoms with Gasteiger partial charge in [0.15, 0.2) is 0 Å². The average molecular weight is 206 g/mol. The number of nitrogens with one attached hydrogen (secondary N) is 2. The van der Waals surface area contributed by atoms with Gasteiger partial charge in [-0.05, 0) is 19.5 Å². The molecule has 0 aromatic heterocycles. The average Bonchev–Trinajstić information content (AvgIpc) is 2.29. The van der Waals surface area contributed by atoms with Crippen LogP contribution in [0.15, 0.2) is 30.3 Å². The first-order valence-corrected chi connectivity index (χ1v) is 5.23. The number of likely N-dealkylation sites (N-methyl/N-ethyl adjacent to an activating group) is 1. The van der Waals surface area contributed by atoms with Gasteiger partial charge < -0.3 is 10.6 Å². The van der Waals surface area contributed by atoms with Gasteiger partial charge in [0.1, 0.15) is 0 Å². The van der Waals surface area contributed by atoms with Crippen molar-refractivity contribution >= 4 is 5.91 Å². The van der Waals surface area contributed by atoms with E-state index in [1.165, 1.54) is 0 Å². The van der Waals surface area contributed by atoms with Crippen LogP contribution in [0.25, 0.3) is 0 Å². The van der Waals surface area contributed by atoms with E-state index in [2.05, 4.69) is 10.6 Å². The van der Waals surface area contributed by atoms with Gasteiger partial charge in [-0.25, -0.2) is 0 Å². The van der Waals surface area contributed by atoms with Crippen LogP contribution in [0.1, 0.15) is 18.4 Å². The lowest BCUT2D eigenvalue weighted by atomic mass is 10.0. The number of rotatable bonds is 5. The summed E-state index contributed by atoms with van der Waals surface area (Å²) in [5.74, 6) is -0.000457. The monoisotopic (exact) mass is 206 g/mol. The fourth-order valence-electron chi connectivity index (χ4n) is 1.36. The molecule has 1 amide bonds. The lowest BCUT2D eigenvalue weighted by molar-refractivity contribution is -0.122.